The first kappa shape index (κ1) is 20.1. The van der Waals surface area contributed by atoms with Crippen LogP contribution in [0.1, 0.15) is 28.3 Å². The van der Waals surface area contributed by atoms with Crippen molar-refractivity contribution in [1.82, 2.24) is 15.6 Å². The Bertz CT molecular complexity index is 771. The van der Waals surface area contributed by atoms with E-state index >= 15 is 0 Å². The van der Waals surface area contributed by atoms with E-state index in [-0.39, 0.29) is 5.41 Å². The van der Waals surface area contributed by atoms with Gasteiger partial charge in [0, 0.05) is 61.3 Å². The van der Waals surface area contributed by atoms with Crippen LogP contribution in [0.25, 0.3) is 0 Å². The third-order valence-electron chi connectivity index (χ3n) is 5.01. The summed E-state index contributed by atoms with van der Waals surface area (Å²) in [4.78, 5) is 10.0. The molecule has 2 aromatic rings. The van der Waals surface area contributed by atoms with Gasteiger partial charge in [-0.15, -0.1) is 11.3 Å². The molecule has 0 amide bonds. The Morgan fingerprint density at radius 1 is 1.33 bits per heavy atom. The van der Waals surface area contributed by atoms with Crippen molar-refractivity contribution in [1.29, 1.82) is 0 Å². The molecule has 27 heavy (non-hydrogen) atoms. The van der Waals surface area contributed by atoms with Crippen LogP contribution < -0.4 is 10.6 Å². The minimum Gasteiger partial charge on any atom is -0.381 e. The van der Waals surface area contributed by atoms with Gasteiger partial charge in [0.15, 0.2) is 5.96 Å². The van der Waals surface area contributed by atoms with Crippen LogP contribution in [0.3, 0.4) is 0 Å². The van der Waals surface area contributed by atoms with E-state index in [1.54, 1.807) is 18.4 Å². The average Bonchev–Trinajstić information content (AvgIpc) is 3.10. The fourth-order valence-corrected chi connectivity index (χ4v) is 4.40. The number of ether oxygens (including phenoxy) is 1. The molecular formula is C20H27ClN4OS. The number of aliphatic imine (C=N–C) groups is 1. The topological polar surface area (TPSA) is 58.5 Å². The van der Waals surface area contributed by atoms with Crippen LogP contribution >= 0.6 is 22.9 Å². The van der Waals surface area contributed by atoms with E-state index in [0.29, 0.717) is 0 Å². The molecule has 1 aromatic heterocycles. The van der Waals surface area contributed by atoms with Crippen molar-refractivity contribution >= 4 is 28.9 Å². The predicted octanol–water partition coefficient (Wildman–Crippen LogP) is 3.56. The number of halogens is 1. The monoisotopic (exact) mass is 406 g/mol. The maximum atomic E-state index is 6.25. The lowest BCUT2D eigenvalue weighted by Gasteiger charge is -2.38. The Kier molecular flexibility index (Phi) is 7.10. The smallest absolute Gasteiger partial charge is 0.191 e. The molecule has 0 saturated carbocycles. The zero-order chi connectivity index (χ0) is 19.1. The maximum Gasteiger partial charge on any atom is 0.191 e. The number of guanidine groups is 1. The van der Waals surface area contributed by atoms with Crippen LogP contribution in [-0.2, 0) is 16.6 Å². The third kappa shape index (κ3) is 5.43. The highest BCUT2D eigenvalue weighted by Crippen LogP contribution is 2.35. The highest BCUT2D eigenvalue weighted by molar-refractivity contribution is 7.11. The van der Waals surface area contributed by atoms with E-state index in [0.717, 1.165) is 61.6 Å². The summed E-state index contributed by atoms with van der Waals surface area (Å²) in [6.07, 6.45) is 4.75. The molecule has 1 fully saturated rings. The molecule has 2 heterocycles. The summed E-state index contributed by atoms with van der Waals surface area (Å²) < 4.78 is 5.61. The maximum absolute atomic E-state index is 6.25. The standard InChI is InChI=1S/C20H27ClN4OS/c1-15-13-24-18(27-15)6-9-23-19(22-2)25-14-20(7-10-26-11-8-20)16-4-3-5-17(21)12-16/h3-5,12-13H,6-11,14H2,1-2H3,(H2,22,23,25). The summed E-state index contributed by atoms with van der Waals surface area (Å²) in [6, 6.07) is 8.19. The van der Waals surface area contributed by atoms with Crippen LogP contribution in [0.2, 0.25) is 5.02 Å². The quantitative estimate of drug-likeness (QED) is 0.568. The molecule has 0 bridgehead atoms. The molecular weight excluding hydrogens is 380 g/mol. The normalized spacial score (nSPS) is 16.9. The highest BCUT2D eigenvalue weighted by atomic mass is 35.5. The second-order valence-corrected chi connectivity index (χ2v) is 8.63. The van der Waals surface area contributed by atoms with Gasteiger partial charge < -0.3 is 15.4 Å². The SMILES string of the molecule is CN=C(NCCc1ncc(C)s1)NCC1(c2cccc(Cl)c2)CCOCC1. The largest absolute Gasteiger partial charge is 0.381 e. The molecule has 0 unspecified atom stereocenters. The minimum absolute atomic E-state index is 0.00713. The van der Waals surface area contributed by atoms with E-state index < -0.39 is 0 Å². The van der Waals surface area contributed by atoms with E-state index in [1.165, 1.54) is 10.4 Å². The van der Waals surface area contributed by atoms with Crippen molar-refractivity contribution in [3.05, 3.63) is 50.9 Å². The Hall–Kier alpha value is -1.63. The number of aryl methyl sites for hydroxylation is 1. The lowest BCUT2D eigenvalue weighted by molar-refractivity contribution is 0.0514. The molecule has 0 radical (unpaired) electrons. The van der Waals surface area contributed by atoms with Gasteiger partial charge in [-0.3, -0.25) is 4.99 Å². The molecule has 0 atom stereocenters. The molecule has 3 rings (SSSR count). The summed E-state index contributed by atoms with van der Waals surface area (Å²) in [5.74, 6) is 0.816. The average molecular weight is 407 g/mol. The molecule has 1 aliphatic rings. The van der Waals surface area contributed by atoms with Crippen LogP contribution in [-0.4, -0.2) is 44.3 Å². The van der Waals surface area contributed by atoms with E-state index in [9.17, 15) is 0 Å². The van der Waals surface area contributed by atoms with Gasteiger partial charge in [0.2, 0.25) is 0 Å². The number of hydrogen-bond acceptors (Lipinski definition) is 4. The van der Waals surface area contributed by atoms with E-state index in [1.807, 2.05) is 18.3 Å². The second kappa shape index (κ2) is 9.53. The van der Waals surface area contributed by atoms with Crippen LogP contribution in [0, 0.1) is 6.92 Å². The first-order valence-electron chi connectivity index (χ1n) is 9.31. The molecule has 0 aliphatic carbocycles. The first-order chi connectivity index (χ1) is 13.1. The molecule has 7 heteroatoms. The summed E-state index contributed by atoms with van der Waals surface area (Å²) in [5.41, 5.74) is 1.27. The lowest BCUT2D eigenvalue weighted by Crippen LogP contribution is -2.48. The Balaban J connectivity index is 1.60. The predicted molar refractivity (Wildman–Crippen MR) is 113 cm³/mol. The zero-order valence-electron chi connectivity index (χ0n) is 15.9. The molecule has 5 nitrogen and oxygen atoms in total. The van der Waals surface area contributed by atoms with Gasteiger partial charge in [-0.25, -0.2) is 4.98 Å². The Morgan fingerprint density at radius 3 is 2.81 bits per heavy atom. The van der Waals surface area contributed by atoms with Crippen molar-refractivity contribution in [2.24, 2.45) is 4.99 Å². The van der Waals surface area contributed by atoms with Gasteiger partial charge in [-0.2, -0.15) is 0 Å². The van der Waals surface area contributed by atoms with Gasteiger partial charge >= 0.3 is 0 Å². The number of hydrogen-bond donors (Lipinski definition) is 2. The molecule has 146 valence electrons. The van der Waals surface area contributed by atoms with Gasteiger partial charge in [0.05, 0.1) is 5.01 Å². The fraction of sp³-hybridized carbons (Fsp3) is 0.500. The number of benzene rings is 1. The summed E-state index contributed by atoms with van der Waals surface area (Å²) in [6.45, 7) is 5.22. The van der Waals surface area contributed by atoms with Crippen molar-refractivity contribution in [3.8, 4) is 0 Å². The second-order valence-electron chi connectivity index (χ2n) is 6.87. The highest BCUT2D eigenvalue weighted by Gasteiger charge is 2.34. The number of nitrogens with one attached hydrogen (secondary N) is 2. The zero-order valence-corrected chi connectivity index (χ0v) is 17.5. The van der Waals surface area contributed by atoms with Crippen molar-refractivity contribution in [3.63, 3.8) is 0 Å². The molecule has 1 saturated heterocycles. The molecule has 1 aliphatic heterocycles. The van der Waals surface area contributed by atoms with Gasteiger partial charge in [-0.05, 0) is 37.5 Å². The van der Waals surface area contributed by atoms with Gasteiger partial charge in [-0.1, -0.05) is 23.7 Å². The summed E-state index contributed by atoms with van der Waals surface area (Å²) in [7, 11) is 1.80. The van der Waals surface area contributed by atoms with Crippen molar-refractivity contribution in [2.45, 2.75) is 31.6 Å². The number of aromatic nitrogens is 1. The van der Waals surface area contributed by atoms with E-state index in [4.69, 9.17) is 16.3 Å². The fourth-order valence-electron chi connectivity index (χ4n) is 3.43. The van der Waals surface area contributed by atoms with Gasteiger partial charge in [0.25, 0.3) is 0 Å². The molecule has 1 aromatic carbocycles. The van der Waals surface area contributed by atoms with Crippen LogP contribution in [0.15, 0.2) is 35.5 Å². The number of thiazole rings is 1. The minimum atomic E-state index is 0.00713. The van der Waals surface area contributed by atoms with E-state index in [2.05, 4.69) is 39.7 Å². The number of nitrogens with zero attached hydrogens (tertiary/aromatic N) is 2. The Morgan fingerprint density at radius 2 is 2.15 bits per heavy atom. The summed E-state index contributed by atoms with van der Waals surface area (Å²) >= 11 is 8.00. The summed E-state index contributed by atoms with van der Waals surface area (Å²) in [5, 5.41) is 8.83. The Labute approximate surface area is 170 Å². The van der Waals surface area contributed by atoms with Crippen LogP contribution in [0.4, 0.5) is 0 Å². The van der Waals surface area contributed by atoms with Crippen LogP contribution in [0.5, 0.6) is 0 Å². The number of rotatable bonds is 6. The van der Waals surface area contributed by atoms with Gasteiger partial charge in [0.1, 0.15) is 0 Å². The van der Waals surface area contributed by atoms with Crippen molar-refractivity contribution < 1.29 is 4.74 Å². The third-order valence-corrected chi connectivity index (χ3v) is 6.21. The molecule has 0 spiro atoms. The van der Waals surface area contributed by atoms with Crippen molar-refractivity contribution in [2.75, 3.05) is 33.4 Å². The lowest BCUT2D eigenvalue weighted by atomic mass is 9.74. The molecule has 2 N–H and O–H groups in total. The first-order valence-corrected chi connectivity index (χ1v) is 10.5.